The molecule has 0 spiro atoms. The van der Waals surface area contributed by atoms with Gasteiger partial charge < -0.3 is 0 Å². The maximum atomic E-state index is 8.62. The van der Waals surface area contributed by atoms with Crippen LogP contribution in [0.5, 0.6) is 5.75 Å². The van der Waals surface area contributed by atoms with Gasteiger partial charge in [0.15, 0.2) is 0 Å². The summed E-state index contributed by atoms with van der Waals surface area (Å²) in [6, 6.07) is 15.6. The van der Waals surface area contributed by atoms with E-state index < -0.39 is 0 Å². The molecule has 1 heterocycles. The van der Waals surface area contributed by atoms with E-state index in [-0.39, 0.29) is 21.6 Å². The summed E-state index contributed by atoms with van der Waals surface area (Å²) < 4.78 is 14.2. The van der Waals surface area contributed by atoms with Crippen molar-refractivity contribution in [3.63, 3.8) is 0 Å². The number of hydrogen-bond donors (Lipinski definition) is 1. The van der Waals surface area contributed by atoms with Crippen LogP contribution in [0.3, 0.4) is 0 Å². The predicted octanol–water partition coefficient (Wildman–Crippen LogP) is 2.20. The van der Waals surface area contributed by atoms with Crippen LogP contribution < -0.4 is 10.1 Å². The third kappa shape index (κ3) is 3.05. The summed E-state index contributed by atoms with van der Waals surface area (Å²) in [7, 11) is 0. The summed E-state index contributed by atoms with van der Waals surface area (Å²) in [5.74, 6) is 0.727. The Morgan fingerprint density at radius 1 is 1.14 bits per heavy atom. The Balaban J connectivity index is 1.79. The van der Waals surface area contributed by atoms with Crippen LogP contribution in [0.2, 0.25) is 0 Å². The van der Waals surface area contributed by atoms with Crippen molar-refractivity contribution in [2.24, 2.45) is 0 Å². The molecule has 6 heteroatoms. The van der Waals surface area contributed by atoms with Gasteiger partial charge in [-0.3, -0.25) is 0 Å². The second kappa shape index (κ2) is 6.40. The molecule has 0 radical (unpaired) electrons. The fraction of sp³-hybridized carbons (Fsp3) is 0.133. The Labute approximate surface area is 128 Å². The zero-order chi connectivity index (χ0) is 14.5. The second-order valence-electron chi connectivity index (χ2n) is 4.35. The molecule has 0 amide bonds. The molecule has 0 saturated heterocycles. The van der Waals surface area contributed by atoms with Crippen LogP contribution >= 0.6 is 0 Å². The molecule has 0 saturated carbocycles. The Morgan fingerprint density at radius 3 is 2.95 bits per heavy atom. The van der Waals surface area contributed by atoms with E-state index in [1.807, 2.05) is 48.5 Å². The molecule has 0 aliphatic carbocycles. The van der Waals surface area contributed by atoms with Crippen LogP contribution in [-0.4, -0.2) is 29.5 Å². The van der Waals surface area contributed by atoms with Crippen LogP contribution in [0.1, 0.15) is 5.56 Å². The molecule has 3 aromatic rings. The molecule has 2 aromatic carbocycles. The van der Waals surface area contributed by atoms with Gasteiger partial charge in [0, 0.05) is 0 Å². The third-order valence-electron chi connectivity index (χ3n) is 3.02. The molecular formula is C15H12N4OSe. The number of aromatic nitrogens is 2. The first-order valence-electron chi connectivity index (χ1n) is 6.41. The average Bonchev–Trinajstić information content (AvgIpc) is 3.01. The summed E-state index contributed by atoms with van der Waals surface area (Å²) in [4.78, 5) is 0. The van der Waals surface area contributed by atoms with Crippen LogP contribution in [0.15, 0.2) is 42.5 Å². The summed E-state index contributed by atoms with van der Waals surface area (Å²) in [5.41, 5.74) is 3.87. The molecule has 0 bridgehead atoms. The second-order valence-corrected chi connectivity index (χ2v) is 5.45. The summed E-state index contributed by atoms with van der Waals surface area (Å²) in [5, 5.41) is 12.0. The number of anilines is 1. The van der Waals surface area contributed by atoms with Gasteiger partial charge in [-0.25, -0.2) is 0 Å². The molecule has 0 unspecified atom stereocenters. The monoisotopic (exact) mass is 344 g/mol. The molecule has 1 aromatic heterocycles. The Bertz CT molecular complexity index is 793. The Hall–Kier alpha value is -2.35. The molecular weight excluding hydrogens is 331 g/mol. The number of nitrogens with one attached hydrogen (secondary N) is 1. The number of ether oxygens (including phenoxy) is 1. The number of fused-ring (bicyclic) bond motifs is 1. The maximum absolute atomic E-state index is 8.62. The predicted molar refractivity (Wildman–Crippen MR) is 81.4 cm³/mol. The van der Waals surface area contributed by atoms with E-state index >= 15 is 0 Å². The van der Waals surface area contributed by atoms with E-state index in [9.17, 15) is 0 Å². The molecule has 1 N–H and O–H groups in total. The topological polar surface area (TPSA) is 70.8 Å². The minimum absolute atomic E-state index is 0.0338. The molecule has 0 aliphatic rings. The zero-order valence-electron chi connectivity index (χ0n) is 11.1. The molecule has 21 heavy (non-hydrogen) atoms. The van der Waals surface area contributed by atoms with Gasteiger partial charge in [0.05, 0.1) is 0 Å². The third-order valence-corrected chi connectivity index (χ3v) is 4.16. The quantitative estimate of drug-likeness (QED) is 0.719. The first-order chi connectivity index (χ1) is 10.4. The van der Waals surface area contributed by atoms with Crippen molar-refractivity contribution in [3.8, 4) is 11.8 Å². The van der Waals surface area contributed by atoms with E-state index in [1.165, 1.54) is 0 Å². The zero-order valence-corrected chi connectivity index (χ0v) is 12.8. The Kier molecular flexibility index (Phi) is 4.15. The fourth-order valence-electron chi connectivity index (χ4n) is 2.04. The molecule has 5 nitrogen and oxygen atoms in total. The van der Waals surface area contributed by atoms with E-state index in [1.54, 1.807) is 0 Å². The van der Waals surface area contributed by atoms with Crippen molar-refractivity contribution in [2.45, 2.75) is 6.54 Å². The summed E-state index contributed by atoms with van der Waals surface area (Å²) in [6.45, 7) is 0.662. The first-order valence-corrected chi connectivity index (χ1v) is 7.94. The van der Waals surface area contributed by atoms with Gasteiger partial charge in [-0.1, -0.05) is 0 Å². The SMILES string of the molecule is N#CCOc1ccccc1CNc1cccc2n[se]nc12. The summed E-state index contributed by atoms with van der Waals surface area (Å²) >= 11 is -0.0338. The van der Waals surface area contributed by atoms with Gasteiger partial charge in [-0.15, -0.1) is 0 Å². The number of benzene rings is 2. The fourth-order valence-corrected chi connectivity index (χ4v) is 3.19. The van der Waals surface area contributed by atoms with E-state index in [0.717, 1.165) is 28.0 Å². The number of nitriles is 1. The van der Waals surface area contributed by atoms with Crippen molar-refractivity contribution in [3.05, 3.63) is 48.0 Å². The molecule has 0 fully saturated rings. The van der Waals surface area contributed by atoms with Crippen LogP contribution in [0.25, 0.3) is 11.0 Å². The average molecular weight is 343 g/mol. The molecule has 3 rings (SSSR count). The standard InChI is InChI=1S/C15H12N4OSe/c16-8-9-20-14-7-2-1-4-11(14)10-17-12-5-3-6-13-15(12)19-21-18-13/h1-7,17H,9-10H2. The van der Waals surface area contributed by atoms with Gasteiger partial charge in [0.2, 0.25) is 0 Å². The number of nitrogens with zero attached hydrogens (tertiary/aromatic N) is 3. The van der Waals surface area contributed by atoms with Crippen molar-refractivity contribution in [1.29, 1.82) is 5.26 Å². The van der Waals surface area contributed by atoms with E-state index in [0.29, 0.717) is 6.54 Å². The van der Waals surface area contributed by atoms with Crippen molar-refractivity contribution >= 4 is 31.7 Å². The number of hydrogen-bond acceptors (Lipinski definition) is 5. The van der Waals surface area contributed by atoms with Gasteiger partial charge in [-0.05, 0) is 0 Å². The molecule has 104 valence electrons. The van der Waals surface area contributed by atoms with Gasteiger partial charge >= 0.3 is 128 Å². The van der Waals surface area contributed by atoms with E-state index in [4.69, 9.17) is 10.00 Å². The normalized spacial score (nSPS) is 10.2. The van der Waals surface area contributed by atoms with Gasteiger partial charge in [-0.2, -0.15) is 0 Å². The van der Waals surface area contributed by atoms with Crippen molar-refractivity contribution < 1.29 is 4.74 Å². The number of para-hydroxylation sites is 1. The minimum atomic E-state index is -0.0338. The van der Waals surface area contributed by atoms with Crippen molar-refractivity contribution in [1.82, 2.24) is 7.96 Å². The van der Waals surface area contributed by atoms with Crippen LogP contribution in [0, 0.1) is 11.3 Å². The van der Waals surface area contributed by atoms with Gasteiger partial charge in [0.1, 0.15) is 0 Å². The number of rotatable bonds is 5. The van der Waals surface area contributed by atoms with Crippen LogP contribution in [0.4, 0.5) is 5.69 Å². The molecule has 0 aliphatic heterocycles. The Morgan fingerprint density at radius 2 is 2.05 bits per heavy atom. The van der Waals surface area contributed by atoms with Gasteiger partial charge in [0.25, 0.3) is 0 Å². The van der Waals surface area contributed by atoms with Crippen LogP contribution in [-0.2, 0) is 6.54 Å². The first kappa shape index (κ1) is 13.6. The summed E-state index contributed by atoms with van der Waals surface area (Å²) in [6.07, 6.45) is 0. The van der Waals surface area contributed by atoms with Crippen molar-refractivity contribution in [2.75, 3.05) is 11.9 Å². The molecule has 0 atom stereocenters. The van der Waals surface area contributed by atoms with E-state index in [2.05, 4.69) is 13.3 Å².